The highest BCUT2D eigenvalue weighted by Gasteiger charge is 2.33. The van der Waals surface area contributed by atoms with Crippen LogP contribution in [0.1, 0.15) is 22.1 Å². The molecule has 0 spiro atoms. The first kappa shape index (κ1) is 18.8. The van der Waals surface area contributed by atoms with E-state index >= 15 is 0 Å². The number of carbonyl (C=O) groups excluding carboxylic acids is 2. The minimum absolute atomic E-state index is 0.0332. The summed E-state index contributed by atoms with van der Waals surface area (Å²) < 4.78 is 6.62. The molecular weight excluding hydrogens is 348 g/mol. The minimum Gasteiger partial charge on any atom is -0.383 e. The molecule has 1 saturated heterocycles. The normalized spacial score (nSPS) is 13.9. The van der Waals surface area contributed by atoms with Crippen LogP contribution in [-0.4, -0.2) is 77.1 Å². The molecule has 3 amide bonds. The fourth-order valence-electron chi connectivity index (χ4n) is 2.75. The Labute approximate surface area is 157 Å². The zero-order chi connectivity index (χ0) is 19.2. The zero-order valence-corrected chi connectivity index (χ0v) is 15.5. The van der Waals surface area contributed by atoms with Gasteiger partial charge in [-0.2, -0.15) is 0 Å². The van der Waals surface area contributed by atoms with Crippen LogP contribution < -0.4 is 5.32 Å². The van der Waals surface area contributed by atoms with Crippen molar-refractivity contribution >= 4 is 11.9 Å². The number of likely N-dealkylation sites (tertiary alicyclic amines) is 1. The summed E-state index contributed by atoms with van der Waals surface area (Å²) in [6, 6.07) is 9.69. The van der Waals surface area contributed by atoms with Crippen LogP contribution in [0.25, 0.3) is 0 Å². The summed E-state index contributed by atoms with van der Waals surface area (Å²) in [7, 11) is 3.29. The number of likely N-dealkylation sites (N-methyl/N-ethyl adjacent to an activating group) is 1. The van der Waals surface area contributed by atoms with Gasteiger partial charge in [0.1, 0.15) is 0 Å². The Balaban J connectivity index is 1.46. The van der Waals surface area contributed by atoms with E-state index in [1.54, 1.807) is 34.8 Å². The standard InChI is InChI=1S/C18H24N6O3/c1-22(8-9-27-2)17(25)16-13-24(21-20-16)15-11-23(12-15)18(26)19-10-14-6-4-3-5-7-14/h3-7,13,15H,8-12H2,1-2H3,(H,19,26). The van der Waals surface area contributed by atoms with Gasteiger partial charge in [0.2, 0.25) is 0 Å². The van der Waals surface area contributed by atoms with Crippen LogP contribution in [0, 0.1) is 0 Å². The summed E-state index contributed by atoms with van der Waals surface area (Å²) in [5.41, 5.74) is 1.35. The van der Waals surface area contributed by atoms with E-state index in [4.69, 9.17) is 4.74 Å². The van der Waals surface area contributed by atoms with E-state index < -0.39 is 0 Å². The first-order chi connectivity index (χ1) is 13.1. The third kappa shape index (κ3) is 4.62. The Hall–Kier alpha value is -2.94. The van der Waals surface area contributed by atoms with Crippen LogP contribution in [0.15, 0.2) is 36.5 Å². The lowest BCUT2D eigenvalue weighted by molar-refractivity contribution is 0.0738. The predicted molar refractivity (Wildman–Crippen MR) is 98.1 cm³/mol. The molecule has 1 aliphatic rings. The third-order valence-electron chi connectivity index (χ3n) is 4.52. The molecule has 0 aliphatic carbocycles. The Bertz CT molecular complexity index is 772. The molecule has 1 aromatic heterocycles. The molecule has 9 heteroatoms. The molecule has 0 atom stereocenters. The van der Waals surface area contributed by atoms with Crippen molar-refractivity contribution in [3.05, 3.63) is 47.8 Å². The van der Waals surface area contributed by atoms with Gasteiger partial charge in [0.15, 0.2) is 5.69 Å². The minimum atomic E-state index is -0.199. The van der Waals surface area contributed by atoms with E-state index in [9.17, 15) is 9.59 Å². The number of nitrogens with one attached hydrogen (secondary N) is 1. The van der Waals surface area contributed by atoms with Crippen molar-refractivity contribution in [2.24, 2.45) is 0 Å². The number of benzene rings is 1. The van der Waals surface area contributed by atoms with Crippen molar-refractivity contribution in [3.63, 3.8) is 0 Å². The van der Waals surface area contributed by atoms with E-state index in [0.29, 0.717) is 38.5 Å². The predicted octanol–water partition coefficient (Wildman–Crippen LogP) is 0.763. The number of nitrogens with zero attached hydrogens (tertiary/aromatic N) is 5. The highest BCUT2D eigenvalue weighted by atomic mass is 16.5. The molecule has 1 N–H and O–H groups in total. The van der Waals surface area contributed by atoms with Crippen molar-refractivity contribution in [3.8, 4) is 0 Å². The second-order valence-electron chi connectivity index (χ2n) is 6.51. The fourth-order valence-corrected chi connectivity index (χ4v) is 2.75. The van der Waals surface area contributed by atoms with Gasteiger partial charge in [-0.15, -0.1) is 5.10 Å². The summed E-state index contributed by atoms with van der Waals surface area (Å²) >= 11 is 0. The number of hydrogen-bond acceptors (Lipinski definition) is 5. The van der Waals surface area contributed by atoms with Crippen molar-refractivity contribution in [2.45, 2.75) is 12.6 Å². The number of carbonyl (C=O) groups is 2. The molecule has 0 radical (unpaired) electrons. The average molecular weight is 372 g/mol. The molecule has 3 rings (SSSR count). The number of ether oxygens (including phenoxy) is 1. The Morgan fingerprint density at radius 3 is 2.74 bits per heavy atom. The molecule has 0 bridgehead atoms. The Kier molecular flexibility index (Phi) is 6.02. The van der Waals surface area contributed by atoms with Gasteiger partial charge in [-0.25, -0.2) is 9.48 Å². The lowest BCUT2D eigenvalue weighted by atomic mass is 10.1. The smallest absolute Gasteiger partial charge is 0.317 e. The van der Waals surface area contributed by atoms with Gasteiger partial charge in [0, 0.05) is 40.3 Å². The van der Waals surface area contributed by atoms with Gasteiger partial charge >= 0.3 is 6.03 Å². The van der Waals surface area contributed by atoms with Gasteiger partial charge in [-0.3, -0.25) is 4.79 Å². The van der Waals surface area contributed by atoms with Crippen molar-refractivity contribution < 1.29 is 14.3 Å². The molecule has 0 unspecified atom stereocenters. The van der Waals surface area contributed by atoms with Crippen LogP contribution in [0.3, 0.4) is 0 Å². The summed E-state index contributed by atoms with van der Waals surface area (Å²) in [4.78, 5) is 27.7. The van der Waals surface area contributed by atoms with Crippen molar-refractivity contribution in [2.75, 3.05) is 40.4 Å². The van der Waals surface area contributed by atoms with Crippen LogP contribution >= 0.6 is 0 Å². The zero-order valence-electron chi connectivity index (χ0n) is 15.5. The molecule has 2 aromatic rings. The monoisotopic (exact) mass is 372 g/mol. The SMILES string of the molecule is COCCN(C)C(=O)c1cn(C2CN(C(=O)NCc3ccccc3)C2)nn1. The highest BCUT2D eigenvalue weighted by Crippen LogP contribution is 2.20. The molecule has 1 aromatic carbocycles. The molecule has 1 aliphatic heterocycles. The second kappa shape index (κ2) is 8.63. The topological polar surface area (TPSA) is 92.6 Å². The van der Waals surface area contributed by atoms with Crippen LogP contribution in [0.4, 0.5) is 4.79 Å². The van der Waals surface area contributed by atoms with E-state index in [1.807, 2.05) is 30.3 Å². The molecule has 0 saturated carbocycles. The Morgan fingerprint density at radius 2 is 2.04 bits per heavy atom. The number of rotatable bonds is 7. The highest BCUT2D eigenvalue weighted by molar-refractivity contribution is 5.91. The summed E-state index contributed by atoms with van der Waals surface area (Å²) in [6.45, 7) is 2.53. The average Bonchev–Trinajstić information content (AvgIpc) is 3.13. The van der Waals surface area contributed by atoms with Crippen molar-refractivity contribution in [1.29, 1.82) is 0 Å². The second-order valence-corrected chi connectivity index (χ2v) is 6.51. The summed E-state index contributed by atoms with van der Waals surface area (Å²) in [6.07, 6.45) is 1.63. The molecular formula is C18H24N6O3. The number of hydrogen-bond donors (Lipinski definition) is 1. The molecule has 2 heterocycles. The lowest BCUT2D eigenvalue weighted by Gasteiger charge is -2.38. The molecule has 1 fully saturated rings. The van der Waals surface area contributed by atoms with E-state index in [0.717, 1.165) is 5.56 Å². The van der Waals surface area contributed by atoms with E-state index in [2.05, 4.69) is 15.6 Å². The van der Waals surface area contributed by atoms with Gasteiger partial charge in [0.25, 0.3) is 5.91 Å². The van der Waals surface area contributed by atoms with Crippen LogP contribution in [0.2, 0.25) is 0 Å². The molecule has 27 heavy (non-hydrogen) atoms. The summed E-state index contributed by atoms with van der Waals surface area (Å²) in [5.74, 6) is -0.199. The quantitative estimate of drug-likeness (QED) is 0.775. The molecule has 144 valence electrons. The fraction of sp³-hybridized carbons (Fsp3) is 0.444. The Morgan fingerprint density at radius 1 is 1.30 bits per heavy atom. The summed E-state index contributed by atoms with van der Waals surface area (Å²) in [5, 5.41) is 10.9. The number of amides is 3. The van der Waals surface area contributed by atoms with Gasteiger partial charge in [0.05, 0.1) is 18.8 Å². The van der Waals surface area contributed by atoms with Gasteiger partial charge < -0.3 is 19.9 Å². The first-order valence-electron chi connectivity index (χ1n) is 8.81. The van der Waals surface area contributed by atoms with Crippen LogP contribution in [-0.2, 0) is 11.3 Å². The van der Waals surface area contributed by atoms with Gasteiger partial charge in [-0.1, -0.05) is 35.5 Å². The van der Waals surface area contributed by atoms with E-state index in [-0.39, 0.29) is 18.0 Å². The largest absolute Gasteiger partial charge is 0.383 e. The van der Waals surface area contributed by atoms with Crippen LogP contribution in [0.5, 0.6) is 0 Å². The lowest BCUT2D eigenvalue weighted by Crippen LogP contribution is -2.54. The first-order valence-corrected chi connectivity index (χ1v) is 8.81. The maximum absolute atomic E-state index is 12.3. The third-order valence-corrected chi connectivity index (χ3v) is 4.52. The number of aromatic nitrogens is 3. The maximum Gasteiger partial charge on any atom is 0.317 e. The maximum atomic E-state index is 12.3. The number of methoxy groups -OCH3 is 1. The van der Waals surface area contributed by atoms with E-state index in [1.165, 1.54) is 0 Å². The molecule has 9 nitrogen and oxygen atoms in total. The van der Waals surface area contributed by atoms with Gasteiger partial charge in [-0.05, 0) is 5.56 Å². The van der Waals surface area contributed by atoms with Crippen molar-refractivity contribution in [1.82, 2.24) is 30.1 Å². The number of urea groups is 1.